The summed E-state index contributed by atoms with van der Waals surface area (Å²) in [5, 5.41) is 23.9. The normalized spacial score (nSPS) is 11.2. The first kappa shape index (κ1) is 22.8. The summed E-state index contributed by atoms with van der Waals surface area (Å²) in [6.07, 6.45) is 4.69. The molecule has 0 atom stereocenters. The molecule has 0 aliphatic heterocycles. The summed E-state index contributed by atoms with van der Waals surface area (Å²) in [4.78, 5) is 21.5. The third kappa shape index (κ3) is 4.98. The summed E-state index contributed by atoms with van der Waals surface area (Å²) in [5.41, 5.74) is 1.97. The number of hydrogen-bond acceptors (Lipinski definition) is 7. The lowest BCUT2D eigenvalue weighted by Gasteiger charge is -2.14. The van der Waals surface area contributed by atoms with Crippen molar-refractivity contribution in [2.24, 2.45) is 5.92 Å². The van der Waals surface area contributed by atoms with E-state index in [4.69, 9.17) is 5.26 Å². The Labute approximate surface area is 193 Å². The zero-order valence-electron chi connectivity index (χ0n) is 18.4. The minimum absolute atomic E-state index is 0.250. The van der Waals surface area contributed by atoms with Gasteiger partial charge in [0.25, 0.3) is 12.3 Å². The molecule has 0 bridgehead atoms. The van der Waals surface area contributed by atoms with E-state index < -0.39 is 13.0 Å². The predicted octanol–water partition coefficient (Wildman–Crippen LogP) is 3.28. The van der Waals surface area contributed by atoms with Crippen LogP contribution in [-0.2, 0) is 6.54 Å². The van der Waals surface area contributed by atoms with Gasteiger partial charge in [-0.2, -0.15) is 20.1 Å². The molecule has 34 heavy (non-hydrogen) atoms. The van der Waals surface area contributed by atoms with Crippen LogP contribution in [-0.4, -0.2) is 48.4 Å². The Morgan fingerprint density at radius 1 is 1.15 bits per heavy atom. The zero-order valence-corrected chi connectivity index (χ0v) is 18.4. The van der Waals surface area contributed by atoms with Crippen LogP contribution < -0.4 is 10.6 Å². The molecule has 0 saturated heterocycles. The number of aromatic nitrogens is 6. The molecular formula is C22H21F2N9O. The first-order valence-corrected chi connectivity index (χ1v) is 10.4. The van der Waals surface area contributed by atoms with Crippen molar-refractivity contribution in [3.05, 3.63) is 54.2 Å². The van der Waals surface area contributed by atoms with E-state index in [0.717, 1.165) is 4.68 Å². The number of nitrogens with zero attached hydrogens (tertiary/aromatic N) is 7. The lowest BCUT2D eigenvalue weighted by molar-refractivity contribution is 0.0949. The van der Waals surface area contributed by atoms with E-state index in [1.807, 2.05) is 19.9 Å². The van der Waals surface area contributed by atoms with E-state index in [1.165, 1.54) is 29.5 Å². The number of anilines is 2. The maximum atomic E-state index is 12.8. The topological polar surface area (TPSA) is 126 Å². The highest BCUT2D eigenvalue weighted by molar-refractivity contribution is 6.00. The molecule has 4 heterocycles. The van der Waals surface area contributed by atoms with Crippen LogP contribution in [0.5, 0.6) is 0 Å². The highest BCUT2D eigenvalue weighted by Gasteiger charge is 2.17. The van der Waals surface area contributed by atoms with Crippen molar-refractivity contribution < 1.29 is 13.6 Å². The van der Waals surface area contributed by atoms with Gasteiger partial charge in [-0.1, -0.05) is 13.8 Å². The Morgan fingerprint density at radius 2 is 1.97 bits per heavy atom. The number of hydrogen-bond donors (Lipinski definition) is 2. The molecule has 0 saturated carbocycles. The highest BCUT2D eigenvalue weighted by Crippen LogP contribution is 2.24. The molecule has 0 aromatic carbocycles. The second-order valence-corrected chi connectivity index (χ2v) is 7.96. The van der Waals surface area contributed by atoms with Crippen LogP contribution in [0.4, 0.5) is 20.2 Å². The van der Waals surface area contributed by atoms with E-state index in [-0.39, 0.29) is 17.4 Å². The highest BCUT2D eigenvalue weighted by atomic mass is 19.3. The maximum absolute atomic E-state index is 12.8. The molecule has 0 unspecified atom stereocenters. The molecule has 0 spiro atoms. The van der Waals surface area contributed by atoms with Crippen LogP contribution in [0.25, 0.3) is 16.9 Å². The van der Waals surface area contributed by atoms with E-state index in [0.29, 0.717) is 40.3 Å². The van der Waals surface area contributed by atoms with E-state index in [9.17, 15) is 13.6 Å². The number of fused-ring (bicyclic) bond motifs is 1. The molecule has 4 aromatic heterocycles. The minimum atomic E-state index is -2.54. The van der Waals surface area contributed by atoms with Gasteiger partial charge >= 0.3 is 0 Å². The predicted molar refractivity (Wildman–Crippen MR) is 120 cm³/mol. The van der Waals surface area contributed by atoms with Gasteiger partial charge < -0.3 is 10.6 Å². The second-order valence-electron chi connectivity index (χ2n) is 7.96. The fraction of sp³-hybridized carbons (Fsp3) is 0.273. The molecule has 2 N–H and O–H groups in total. The molecule has 1 amide bonds. The number of rotatable bonds is 8. The number of amides is 1. The first-order chi connectivity index (χ1) is 16.3. The van der Waals surface area contributed by atoms with Gasteiger partial charge in [-0.25, -0.2) is 18.7 Å². The molecule has 12 heteroatoms. The fourth-order valence-electron chi connectivity index (χ4n) is 3.21. The number of alkyl halides is 2. The third-order valence-electron chi connectivity index (χ3n) is 4.80. The van der Waals surface area contributed by atoms with Crippen molar-refractivity contribution in [1.82, 2.24) is 34.8 Å². The third-order valence-corrected chi connectivity index (χ3v) is 4.80. The first-order valence-electron chi connectivity index (χ1n) is 10.4. The molecular weight excluding hydrogens is 444 g/mol. The van der Waals surface area contributed by atoms with Crippen LogP contribution in [0.1, 0.15) is 29.8 Å². The SMILES string of the molecule is CC(C)CNC(=O)c1cnc(-n2ncc3cc(C#N)cnc32)cc1Nc1cnn(CC(F)F)c1. The quantitative estimate of drug-likeness (QED) is 0.409. The number of nitriles is 1. The second kappa shape index (κ2) is 9.62. The lowest BCUT2D eigenvalue weighted by atomic mass is 10.2. The summed E-state index contributed by atoms with van der Waals surface area (Å²) in [6.45, 7) is 3.89. The van der Waals surface area contributed by atoms with Gasteiger partial charge in [-0.3, -0.25) is 9.48 Å². The molecule has 0 aliphatic carbocycles. The Morgan fingerprint density at radius 3 is 2.71 bits per heavy atom. The van der Waals surface area contributed by atoms with E-state index in [2.05, 4.69) is 30.8 Å². The molecule has 4 aromatic rings. The van der Waals surface area contributed by atoms with Crippen molar-refractivity contribution in [2.75, 3.05) is 11.9 Å². The smallest absolute Gasteiger partial charge is 0.257 e. The van der Waals surface area contributed by atoms with Gasteiger partial charge in [-0.15, -0.1) is 0 Å². The lowest BCUT2D eigenvalue weighted by Crippen LogP contribution is -2.28. The Bertz CT molecular complexity index is 1370. The van der Waals surface area contributed by atoms with Crippen molar-refractivity contribution in [2.45, 2.75) is 26.8 Å². The van der Waals surface area contributed by atoms with Crippen LogP contribution >= 0.6 is 0 Å². The number of carbonyl (C=O) groups excluding carboxylic acids is 1. The maximum Gasteiger partial charge on any atom is 0.257 e. The molecule has 0 aliphatic rings. The summed E-state index contributed by atoms with van der Waals surface area (Å²) in [6, 6.07) is 5.31. The summed E-state index contributed by atoms with van der Waals surface area (Å²) in [7, 11) is 0. The molecule has 4 rings (SSSR count). The van der Waals surface area contributed by atoms with Crippen LogP contribution in [0, 0.1) is 17.2 Å². The number of carbonyl (C=O) groups is 1. The van der Waals surface area contributed by atoms with Crippen LogP contribution in [0.3, 0.4) is 0 Å². The fourth-order valence-corrected chi connectivity index (χ4v) is 3.21. The van der Waals surface area contributed by atoms with Gasteiger partial charge in [0.2, 0.25) is 0 Å². The molecule has 10 nitrogen and oxygen atoms in total. The van der Waals surface area contributed by atoms with Crippen molar-refractivity contribution in [3.8, 4) is 11.9 Å². The summed E-state index contributed by atoms with van der Waals surface area (Å²) in [5.74, 6) is 0.285. The van der Waals surface area contributed by atoms with Crippen molar-refractivity contribution >= 4 is 28.3 Å². The summed E-state index contributed by atoms with van der Waals surface area (Å²) < 4.78 is 28.0. The molecule has 0 radical (unpaired) electrons. The monoisotopic (exact) mass is 465 g/mol. The van der Waals surface area contributed by atoms with E-state index in [1.54, 1.807) is 18.3 Å². The number of pyridine rings is 2. The Balaban J connectivity index is 1.72. The van der Waals surface area contributed by atoms with Gasteiger partial charge in [0.1, 0.15) is 12.6 Å². The van der Waals surface area contributed by atoms with Gasteiger partial charge in [0.05, 0.1) is 34.9 Å². The zero-order chi connectivity index (χ0) is 24.2. The summed E-state index contributed by atoms with van der Waals surface area (Å²) >= 11 is 0. The minimum Gasteiger partial charge on any atom is -0.352 e. The average Bonchev–Trinajstić information content (AvgIpc) is 3.43. The Kier molecular flexibility index (Phi) is 6.44. The number of nitrogens with one attached hydrogen (secondary N) is 2. The molecule has 0 fully saturated rings. The van der Waals surface area contributed by atoms with Gasteiger partial charge in [0.15, 0.2) is 11.5 Å². The van der Waals surface area contributed by atoms with Crippen LogP contribution in [0.2, 0.25) is 0 Å². The average molecular weight is 465 g/mol. The van der Waals surface area contributed by atoms with Crippen molar-refractivity contribution in [1.29, 1.82) is 5.26 Å². The van der Waals surface area contributed by atoms with E-state index >= 15 is 0 Å². The largest absolute Gasteiger partial charge is 0.352 e. The van der Waals surface area contributed by atoms with Crippen LogP contribution in [0.15, 0.2) is 43.1 Å². The number of halogens is 2. The van der Waals surface area contributed by atoms with Gasteiger partial charge in [-0.05, 0) is 12.0 Å². The van der Waals surface area contributed by atoms with Gasteiger partial charge in [0, 0.05) is 36.6 Å². The standard InChI is InChI=1S/C22H21F2N9O/c1-13(2)6-28-22(34)17-10-26-20(33-21-15(8-30-33)3-14(5-25)7-27-21)4-18(17)31-16-9-29-32(11-16)12-19(23)24/h3-4,7-11,13,19H,6,12H2,1-2H3,(H,26,31)(H,28,34). The van der Waals surface area contributed by atoms with Crippen molar-refractivity contribution in [3.63, 3.8) is 0 Å². The Hall–Kier alpha value is -4.40. The molecule has 174 valence electrons.